The molecule has 0 atom stereocenters. The Bertz CT molecular complexity index is 1450. The maximum Gasteiger partial charge on any atom is 0.416 e. The molecular weight excluding hydrogens is 478 g/mol. The van der Waals surface area contributed by atoms with Gasteiger partial charge in [0.05, 0.1) is 22.0 Å². The lowest BCUT2D eigenvalue weighted by Gasteiger charge is -2.26. The second-order valence-corrected chi connectivity index (χ2v) is 8.70. The quantitative estimate of drug-likeness (QED) is 0.305. The number of nitrogens with zero attached hydrogens (tertiary/aromatic N) is 1. The van der Waals surface area contributed by atoms with Crippen molar-refractivity contribution in [3.05, 3.63) is 83.3 Å². The maximum absolute atomic E-state index is 13.8. The molecule has 9 heteroatoms. The van der Waals surface area contributed by atoms with E-state index in [1.54, 1.807) is 22.8 Å². The van der Waals surface area contributed by atoms with Crippen molar-refractivity contribution in [3.63, 3.8) is 0 Å². The van der Waals surface area contributed by atoms with Gasteiger partial charge < -0.3 is 19.5 Å². The largest absolute Gasteiger partial charge is 0.507 e. The number of carboxylic acids is 1. The molecular formula is C27H21F4NO4. The minimum absolute atomic E-state index is 0.0469. The Labute approximate surface area is 203 Å². The SMILES string of the molecule is O=C(O)c1ccccc1-c1c(C2CCOCC2)n(-c2ccc(F)cc2)c2cc(C(F)(F)F)cc(O)c12. The van der Waals surface area contributed by atoms with Crippen LogP contribution in [0.1, 0.15) is 40.4 Å². The van der Waals surface area contributed by atoms with Crippen LogP contribution >= 0.6 is 0 Å². The van der Waals surface area contributed by atoms with Crippen LogP contribution in [-0.4, -0.2) is 34.0 Å². The molecule has 4 aromatic rings. The third kappa shape index (κ3) is 4.09. The number of aromatic nitrogens is 1. The number of alkyl halides is 3. The van der Waals surface area contributed by atoms with Gasteiger partial charge in [-0.15, -0.1) is 0 Å². The van der Waals surface area contributed by atoms with Gasteiger partial charge in [-0.1, -0.05) is 18.2 Å². The van der Waals surface area contributed by atoms with Crippen LogP contribution in [0.25, 0.3) is 27.7 Å². The monoisotopic (exact) mass is 499 g/mol. The van der Waals surface area contributed by atoms with Gasteiger partial charge in [-0.25, -0.2) is 9.18 Å². The number of carbonyl (C=O) groups is 1. The summed E-state index contributed by atoms with van der Waals surface area (Å²) in [5.41, 5.74) is 0.487. The molecule has 0 radical (unpaired) electrons. The lowest BCUT2D eigenvalue weighted by Crippen LogP contribution is -2.18. The zero-order chi connectivity index (χ0) is 25.6. The minimum atomic E-state index is -4.73. The minimum Gasteiger partial charge on any atom is -0.507 e. The highest BCUT2D eigenvalue weighted by molar-refractivity contribution is 6.08. The molecule has 1 aliphatic rings. The summed E-state index contributed by atoms with van der Waals surface area (Å²) < 4.78 is 62.2. The van der Waals surface area contributed by atoms with Gasteiger partial charge in [0.2, 0.25) is 0 Å². The number of phenols is 1. The molecule has 5 nitrogen and oxygen atoms in total. The second-order valence-electron chi connectivity index (χ2n) is 8.70. The summed E-state index contributed by atoms with van der Waals surface area (Å²) in [6.45, 7) is 0.824. The summed E-state index contributed by atoms with van der Waals surface area (Å²) in [5.74, 6) is -2.57. The van der Waals surface area contributed by atoms with Gasteiger partial charge in [-0.3, -0.25) is 0 Å². The molecule has 0 aliphatic carbocycles. The molecule has 2 N–H and O–H groups in total. The fourth-order valence-electron chi connectivity index (χ4n) is 4.96. The van der Waals surface area contributed by atoms with E-state index in [1.807, 2.05) is 0 Å². The Kier molecular flexibility index (Phi) is 5.96. The Morgan fingerprint density at radius 2 is 1.67 bits per heavy atom. The first-order valence-corrected chi connectivity index (χ1v) is 11.3. The molecule has 0 bridgehead atoms. The summed E-state index contributed by atoms with van der Waals surface area (Å²) in [7, 11) is 0. The van der Waals surface area contributed by atoms with Crippen LogP contribution in [0.5, 0.6) is 5.75 Å². The zero-order valence-electron chi connectivity index (χ0n) is 18.8. The summed E-state index contributed by atoms with van der Waals surface area (Å²) in [5, 5.41) is 21.0. The highest BCUT2D eigenvalue weighted by Gasteiger charge is 2.35. The van der Waals surface area contributed by atoms with E-state index in [9.17, 15) is 32.6 Å². The fraction of sp³-hybridized carbons (Fsp3) is 0.222. The smallest absolute Gasteiger partial charge is 0.416 e. The first-order chi connectivity index (χ1) is 17.2. The van der Waals surface area contributed by atoms with E-state index in [0.29, 0.717) is 49.1 Å². The molecule has 1 fully saturated rings. The van der Waals surface area contributed by atoms with Crippen molar-refractivity contribution >= 4 is 16.9 Å². The summed E-state index contributed by atoms with van der Waals surface area (Å²) in [4.78, 5) is 12.1. The molecule has 0 spiro atoms. The van der Waals surface area contributed by atoms with Gasteiger partial charge in [0.15, 0.2) is 0 Å². The number of aromatic hydroxyl groups is 1. The van der Waals surface area contributed by atoms with E-state index >= 15 is 0 Å². The van der Waals surface area contributed by atoms with Crippen LogP contribution in [0.3, 0.4) is 0 Å². The summed E-state index contributed by atoms with van der Waals surface area (Å²) >= 11 is 0. The van der Waals surface area contributed by atoms with Crippen molar-refractivity contribution in [3.8, 4) is 22.6 Å². The van der Waals surface area contributed by atoms with E-state index < -0.39 is 29.3 Å². The third-order valence-corrected chi connectivity index (χ3v) is 6.53. The van der Waals surface area contributed by atoms with Crippen LogP contribution in [0.2, 0.25) is 0 Å². The number of ether oxygens (including phenoxy) is 1. The number of aromatic carboxylic acids is 1. The lowest BCUT2D eigenvalue weighted by atomic mass is 9.88. The Balaban J connectivity index is 1.98. The van der Waals surface area contributed by atoms with Gasteiger partial charge in [0, 0.05) is 36.1 Å². The molecule has 2 heterocycles. The van der Waals surface area contributed by atoms with E-state index in [0.717, 1.165) is 6.07 Å². The van der Waals surface area contributed by atoms with E-state index in [-0.39, 0.29) is 27.9 Å². The molecule has 186 valence electrons. The van der Waals surface area contributed by atoms with Crippen molar-refractivity contribution in [2.75, 3.05) is 13.2 Å². The van der Waals surface area contributed by atoms with Crippen LogP contribution in [0, 0.1) is 5.82 Å². The van der Waals surface area contributed by atoms with E-state index in [2.05, 4.69) is 0 Å². The third-order valence-electron chi connectivity index (χ3n) is 6.53. The lowest BCUT2D eigenvalue weighted by molar-refractivity contribution is -0.137. The van der Waals surface area contributed by atoms with Gasteiger partial charge in [0.25, 0.3) is 0 Å². The number of benzene rings is 3. The van der Waals surface area contributed by atoms with Crippen molar-refractivity contribution < 1.29 is 37.3 Å². The zero-order valence-corrected chi connectivity index (χ0v) is 18.8. The molecule has 1 aromatic heterocycles. The molecule has 1 saturated heterocycles. The van der Waals surface area contributed by atoms with Gasteiger partial charge in [-0.2, -0.15) is 13.2 Å². The van der Waals surface area contributed by atoms with Crippen molar-refractivity contribution in [1.82, 2.24) is 4.57 Å². The highest BCUT2D eigenvalue weighted by Crippen LogP contribution is 2.48. The van der Waals surface area contributed by atoms with Gasteiger partial charge >= 0.3 is 12.1 Å². The normalized spacial score (nSPS) is 14.9. The predicted octanol–water partition coefficient (Wildman–Crippen LogP) is 6.75. The Morgan fingerprint density at radius 1 is 1.00 bits per heavy atom. The molecule has 0 saturated carbocycles. The standard InChI is InChI=1S/C27H21F4NO4/c28-17-5-7-18(8-6-17)32-21-13-16(27(29,30)31)14-22(33)24(21)23(25(32)15-9-11-36-12-10-15)19-3-1-2-4-20(19)26(34)35/h1-8,13-15,33H,9-12H2,(H,34,35). The molecule has 0 amide bonds. The molecule has 36 heavy (non-hydrogen) atoms. The molecule has 1 aliphatic heterocycles. The number of carboxylic acid groups (broad SMARTS) is 1. The van der Waals surface area contributed by atoms with Crippen molar-refractivity contribution in [2.24, 2.45) is 0 Å². The Hall–Kier alpha value is -3.85. The molecule has 5 rings (SSSR count). The van der Waals surface area contributed by atoms with Crippen LogP contribution in [0.15, 0.2) is 60.7 Å². The van der Waals surface area contributed by atoms with Crippen LogP contribution < -0.4 is 0 Å². The number of hydrogen-bond acceptors (Lipinski definition) is 3. The highest BCUT2D eigenvalue weighted by atomic mass is 19.4. The average molecular weight is 499 g/mol. The first kappa shape index (κ1) is 23.9. The number of phenolic OH excluding ortho intramolecular Hbond substituents is 1. The van der Waals surface area contributed by atoms with Gasteiger partial charge in [0.1, 0.15) is 11.6 Å². The maximum atomic E-state index is 13.8. The first-order valence-electron chi connectivity index (χ1n) is 11.3. The number of fused-ring (bicyclic) bond motifs is 1. The van der Waals surface area contributed by atoms with Crippen molar-refractivity contribution in [2.45, 2.75) is 24.9 Å². The number of rotatable bonds is 4. The number of halogens is 4. The molecule has 0 unspecified atom stereocenters. The number of hydrogen-bond donors (Lipinski definition) is 2. The van der Waals surface area contributed by atoms with Crippen molar-refractivity contribution in [1.29, 1.82) is 0 Å². The summed E-state index contributed by atoms with van der Waals surface area (Å²) in [6.07, 6.45) is -3.67. The topological polar surface area (TPSA) is 71.7 Å². The van der Waals surface area contributed by atoms with Gasteiger partial charge in [-0.05, 0) is 60.9 Å². The fourth-order valence-corrected chi connectivity index (χ4v) is 4.96. The second kappa shape index (κ2) is 8.98. The Morgan fingerprint density at radius 3 is 2.31 bits per heavy atom. The summed E-state index contributed by atoms with van der Waals surface area (Å²) in [6, 6.07) is 13.1. The van der Waals surface area contributed by atoms with Crippen LogP contribution in [0.4, 0.5) is 17.6 Å². The van der Waals surface area contributed by atoms with Crippen LogP contribution in [-0.2, 0) is 10.9 Å². The van der Waals surface area contributed by atoms with E-state index in [1.165, 1.54) is 30.3 Å². The average Bonchev–Trinajstić information content (AvgIpc) is 3.20. The molecule has 3 aromatic carbocycles. The predicted molar refractivity (Wildman–Crippen MR) is 125 cm³/mol. The van der Waals surface area contributed by atoms with E-state index in [4.69, 9.17) is 4.74 Å².